The summed E-state index contributed by atoms with van der Waals surface area (Å²) in [5, 5.41) is 14.4. The average Bonchev–Trinajstić information content (AvgIpc) is 3.95. The molecule has 13 rings (SSSR count). The van der Waals surface area contributed by atoms with Crippen LogP contribution in [0.4, 0.5) is 0 Å². The summed E-state index contributed by atoms with van der Waals surface area (Å²) in [5.74, 6) is 0. The van der Waals surface area contributed by atoms with Crippen LogP contribution in [0.2, 0.25) is 0 Å². The van der Waals surface area contributed by atoms with E-state index in [4.69, 9.17) is 4.98 Å². The van der Waals surface area contributed by atoms with Gasteiger partial charge in [-0.2, -0.15) is 5.26 Å². The molecule has 13 aromatic rings. The predicted molar refractivity (Wildman–Crippen MR) is 290 cm³/mol. The molecular formula is C66H42N4. The maximum atomic E-state index is 9.73. The molecule has 0 unspecified atom stereocenters. The second-order valence-electron chi connectivity index (χ2n) is 17.9. The van der Waals surface area contributed by atoms with Crippen LogP contribution < -0.4 is 0 Å². The topological polar surface area (TPSA) is 46.5 Å². The molecule has 70 heavy (non-hydrogen) atoms. The van der Waals surface area contributed by atoms with E-state index in [-0.39, 0.29) is 0 Å². The molecule has 0 N–H and O–H groups in total. The SMILES string of the molecule is N#Cc1ccc(-c2ccc(-n3c4ccc(-c5ccccc5)cc4c4cc(-c5ccccc5)ccc43)c(-c3ccncc3-n3c4ccc(-c5ccccc5)cc4c4cc(-c5ccccc5)ccc43)c2)cc1. The Morgan fingerprint density at radius 1 is 0.300 bits per heavy atom. The highest BCUT2D eigenvalue weighted by Crippen LogP contribution is 2.44. The highest BCUT2D eigenvalue weighted by Gasteiger charge is 2.23. The van der Waals surface area contributed by atoms with Crippen molar-refractivity contribution in [2.75, 3.05) is 0 Å². The van der Waals surface area contributed by atoms with Crippen LogP contribution in [0.5, 0.6) is 0 Å². The van der Waals surface area contributed by atoms with Crippen molar-refractivity contribution in [2.45, 2.75) is 0 Å². The van der Waals surface area contributed by atoms with E-state index in [1.807, 2.05) is 36.7 Å². The minimum absolute atomic E-state index is 0.629. The van der Waals surface area contributed by atoms with Crippen molar-refractivity contribution in [3.63, 3.8) is 0 Å². The highest BCUT2D eigenvalue weighted by atomic mass is 15.0. The first kappa shape index (κ1) is 40.7. The second-order valence-corrected chi connectivity index (χ2v) is 17.9. The van der Waals surface area contributed by atoms with Crippen LogP contribution in [-0.4, -0.2) is 14.1 Å². The number of nitriles is 1. The van der Waals surface area contributed by atoms with Gasteiger partial charge < -0.3 is 9.13 Å². The summed E-state index contributed by atoms with van der Waals surface area (Å²) in [6.07, 6.45) is 3.93. The van der Waals surface area contributed by atoms with Crippen LogP contribution in [-0.2, 0) is 0 Å². The van der Waals surface area contributed by atoms with Gasteiger partial charge in [-0.15, -0.1) is 0 Å². The molecule has 0 atom stereocenters. The largest absolute Gasteiger partial charge is 0.309 e. The summed E-state index contributed by atoms with van der Waals surface area (Å²) >= 11 is 0. The lowest BCUT2D eigenvalue weighted by atomic mass is 9.96. The molecule has 0 spiro atoms. The molecule has 0 saturated carbocycles. The Balaban J connectivity index is 1.09. The fourth-order valence-corrected chi connectivity index (χ4v) is 10.5. The molecule has 0 aliphatic heterocycles. The van der Waals surface area contributed by atoms with Gasteiger partial charge in [-0.3, -0.25) is 4.98 Å². The lowest BCUT2D eigenvalue weighted by molar-refractivity contribution is 1.13. The average molecular weight is 891 g/mol. The molecule has 326 valence electrons. The second kappa shape index (κ2) is 16.9. The Hall–Kier alpha value is -9.56. The van der Waals surface area contributed by atoms with Gasteiger partial charge in [0.05, 0.1) is 51.3 Å². The fraction of sp³-hybridized carbons (Fsp3) is 0. The quantitative estimate of drug-likeness (QED) is 0.153. The zero-order chi connectivity index (χ0) is 46.5. The Morgan fingerprint density at radius 3 is 1.04 bits per heavy atom. The monoisotopic (exact) mass is 890 g/mol. The van der Waals surface area contributed by atoms with E-state index in [0.29, 0.717) is 5.56 Å². The van der Waals surface area contributed by atoms with Gasteiger partial charge in [-0.25, -0.2) is 0 Å². The number of fused-ring (bicyclic) bond motifs is 6. The van der Waals surface area contributed by atoms with Crippen molar-refractivity contribution >= 4 is 43.6 Å². The molecule has 3 heterocycles. The van der Waals surface area contributed by atoms with Gasteiger partial charge in [-0.05, 0) is 134 Å². The molecule has 10 aromatic carbocycles. The predicted octanol–water partition coefficient (Wildman–Crippen LogP) is 17.1. The Labute approximate surface area is 405 Å². The lowest BCUT2D eigenvalue weighted by Crippen LogP contribution is -2.02. The molecule has 4 nitrogen and oxygen atoms in total. The number of hydrogen-bond acceptors (Lipinski definition) is 2. The zero-order valence-electron chi connectivity index (χ0n) is 38.0. The molecule has 0 radical (unpaired) electrons. The van der Waals surface area contributed by atoms with E-state index in [2.05, 4.69) is 234 Å². The molecule has 0 aliphatic carbocycles. The maximum Gasteiger partial charge on any atom is 0.0991 e. The van der Waals surface area contributed by atoms with Gasteiger partial charge in [0.2, 0.25) is 0 Å². The normalized spacial score (nSPS) is 11.4. The van der Waals surface area contributed by atoms with Crippen molar-refractivity contribution in [1.29, 1.82) is 5.26 Å². The highest BCUT2D eigenvalue weighted by molar-refractivity contribution is 6.14. The number of pyridine rings is 1. The van der Waals surface area contributed by atoms with Gasteiger partial charge in [-0.1, -0.05) is 164 Å². The molecule has 0 bridgehead atoms. The Morgan fingerprint density at radius 2 is 0.643 bits per heavy atom. The third-order valence-corrected chi connectivity index (χ3v) is 13.9. The summed E-state index contributed by atoms with van der Waals surface area (Å²) < 4.78 is 4.85. The number of nitrogens with zero attached hydrogens (tertiary/aromatic N) is 4. The minimum Gasteiger partial charge on any atom is -0.309 e. The van der Waals surface area contributed by atoms with Gasteiger partial charge in [0, 0.05) is 38.9 Å². The van der Waals surface area contributed by atoms with Crippen LogP contribution in [0.25, 0.3) is 122 Å². The smallest absolute Gasteiger partial charge is 0.0991 e. The molecule has 4 heteroatoms. The van der Waals surface area contributed by atoms with Crippen molar-refractivity contribution in [3.8, 4) is 84.2 Å². The third-order valence-electron chi connectivity index (χ3n) is 13.9. The van der Waals surface area contributed by atoms with Gasteiger partial charge >= 0.3 is 0 Å². The molecule has 0 aliphatic rings. The van der Waals surface area contributed by atoms with Crippen molar-refractivity contribution in [3.05, 3.63) is 261 Å². The first-order valence-electron chi connectivity index (χ1n) is 23.6. The van der Waals surface area contributed by atoms with E-state index in [1.54, 1.807) is 0 Å². The summed E-state index contributed by atoms with van der Waals surface area (Å²) in [4.78, 5) is 4.88. The number of rotatable bonds is 8. The third kappa shape index (κ3) is 6.96. The summed E-state index contributed by atoms with van der Waals surface area (Å²) in [6, 6.07) is 89.2. The Kier molecular flexibility index (Phi) is 9.85. The van der Waals surface area contributed by atoms with Crippen LogP contribution in [0.3, 0.4) is 0 Å². The van der Waals surface area contributed by atoms with Crippen LogP contribution in [0.15, 0.2) is 255 Å². The number of benzene rings is 10. The summed E-state index contributed by atoms with van der Waals surface area (Å²) in [6.45, 7) is 0. The first-order chi connectivity index (χ1) is 34.7. The van der Waals surface area contributed by atoms with E-state index >= 15 is 0 Å². The van der Waals surface area contributed by atoms with Gasteiger partial charge in [0.1, 0.15) is 0 Å². The lowest BCUT2D eigenvalue weighted by Gasteiger charge is -2.19. The minimum atomic E-state index is 0.629. The van der Waals surface area contributed by atoms with Crippen LogP contribution in [0.1, 0.15) is 5.56 Å². The molecule has 0 fully saturated rings. The maximum absolute atomic E-state index is 9.73. The standard InChI is InChI=1S/C66H42N4/c67-42-44-21-23-49(24-22-44)54-29-30-61(69-62-31-25-50(45-13-5-1-6-14-45)38-57(62)58-39-51(26-32-63(58)69)46-15-7-2-8-16-46)56(37-54)55-35-36-68-43-66(55)70-64-33-27-52(47-17-9-3-10-18-47)40-59(64)60-41-53(28-34-65(60)70)48-19-11-4-12-20-48/h1-41,43H. The Bertz CT molecular complexity index is 3950. The molecular weight excluding hydrogens is 849 g/mol. The molecule has 3 aromatic heterocycles. The van der Waals surface area contributed by atoms with Gasteiger partial charge in [0.25, 0.3) is 0 Å². The fourth-order valence-electron chi connectivity index (χ4n) is 10.5. The van der Waals surface area contributed by atoms with E-state index in [9.17, 15) is 5.26 Å². The number of hydrogen-bond donors (Lipinski definition) is 0. The van der Waals surface area contributed by atoms with E-state index in [1.165, 1.54) is 66.1 Å². The molecule has 0 saturated heterocycles. The van der Waals surface area contributed by atoms with Crippen molar-refractivity contribution < 1.29 is 0 Å². The van der Waals surface area contributed by atoms with E-state index in [0.717, 1.165) is 55.7 Å². The number of aromatic nitrogens is 3. The summed E-state index contributed by atoms with van der Waals surface area (Å²) in [7, 11) is 0. The zero-order valence-corrected chi connectivity index (χ0v) is 38.0. The first-order valence-corrected chi connectivity index (χ1v) is 23.6. The summed E-state index contributed by atoms with van der Waals surface area (Å²) in [5.41, 5.74) is 20.6. The van der Waals surface area contributed by atoms with Crippen molar-refractivity contribution in [1.82, 2.24) is 14.1 Å². The van der Waals surface area contributed by atoms with Crippen LogP contribution in [0, 0.1) is 11.3 Å². The van der Waals surface area contributed by atoms with E-state index < -0.39 is 0 Å². The molecule has 0 amide bonds. The van der Waals surface area contributed by atoms with Gasteiger partial charge in [0.15, 0.2) is 0 Å². The van der Waals surface area contributed by atoms with Crippen LogP contribution >= 0.6 is 0 Å². The van der Waals surface area contributed by atoms with Crippen molar-refractivity contribution in [2.24, 2.45) is 0 Å².